The molecule has 0 aliphatic heterocycles. The standard InChI is InChI=1S/C5H.3ClH.Zr/c1-2-4-5-3-1;;;;/h1H;3*1H;/q-5;;;;+3/p-3. The van der Waals surface area contributed by atoms with Crippen molar-refractivity contribution in [1.29, 1.82) is 0 Å². The molecule has 0 aromatic heterocycles. The SMILES string of the molecule is [Cl][Zr]([Cl])[Cl].[c-]1[c-][c-][cH-][c-]1. The molecule has 4 heteroatoms. The zero-order valence-electron chi connectivity index (χ0n) is 4.21. The Balaban J connectivity index is 0.000000148. The van der Waals surface area contributed by atoms with Crippen molar-refractivity contribution in [3.05, 3.63) is 30.3 Å². The van der Waals surface area contributed by atoms with Crippen LogP contribution in [0.2, 0.25) is 0 Å². The first-order valence-corrected chi connectivity index (χ1v) is 11.4. The van der Waals surface area contributed by atoms with E-state index in [1.54, 1.807) is 6.07 Å². The minimum absolute atomic E-state index is 1.64. The van der Waals surface area contributed by atoms with Gasteiger partial charge in [-0.2, -0.15) is 0 Å². The van der Waals surface area contributed by atoms with Gasteiger partial charge in [0.1, 0.15) is 0 Å². The quantitative estimate of drug-likeness (QED) is 0.628. The van der Waals surface area contributed by atoms with Crippen LogP contribution in [0.5, 0.6) is 0 Å². The maximum atomic E-state index is 5.00. The van der Waals surface area contributed by atoms with Crippen molar-refractivity contribution >= 4 is 25.5 Å². The van der Waals surface area contributed by atoms with Gasteiger partial charge >= 0.3 is 43.7 Å². The Morgan fingerprint density at radius 1 is 1.00 bits per heavy atom. The summed E-state index contributed by atoms with van der Waals surface area (Å²) < 4.78 is 0. The van der Waals surface area contributed by atoms with Crippen LogP contribution in [0.1, 0.15) is 0 Å². The van der Waals surface area contributed by atoms with E-state index in [1.807, 2.05) is 0 Å². The molecule has 0 bridgehead atoms. The summed E-state index contributed by atoms with van der Waals surface area (Å²) in [6.07, 6.45) is 0. The fraction of sp³-hybridized carbons (Fsp3) is 0. The van der Waals surface area contributed by atoms with Crippen molar-refractivity contribution in [3.8, 4) is 0 Å². The molecule has 0 atom stereocenters. The summed E-state index contributed by atoms with van der Waals surface area (Å²) in [5.74, 6) is 0. The van der Waals surface area contributed by atoms with Crippen molar-refractivity contribution < 1.29 is 18.2 Å². The first-order valence-electron chi connectivity index (χ1n) is 1.89. The van der Waals surface area contributed by atoms with Crippen LogP contribution in [0, 0.1) is 24.3 Å². The van der Waals surface area contributed by atoms with Crippen molar-refractivity contribution in [2.75, 3.05) is 0 Å². The third-order valence-electron chi connectivity index (χ3n) is 0.351. The molecule has 0 aliphatic rings. The molecular weight excluding hydrogens is 258 g/mol. The van der Waals surface area contributed by atoms with Crippen LogP contribution in [0.15, 0.2) is 6.07 Å². The Morgan fingerprint density at radius 2 is 1.33 bits per heavy atom. The minimum Gasteiger partial charge on any atom is -0.999 e. The van der Waals surface area contributed by atoms with Crippen LogP contribution in [0.25, 0.3) is 0 Å². The van der Waals surface area contributed by atoms with E-state index in [2.05, 4.69) is 24.3 Å². The van der Waals surface area contributed by atoms with Crippen LogP contribution in [-0.4, -0.2) is 0 Å². The summed E-state index contributed by atoms with van der Waals surface area (Å²) in [5, 5.41) is 0. The first kappa shape index (κ1) is 10.1. The Bertz CT molecular complexity index is 95.8. The second-order valence-corrected chi connectivity index (χ2v) is 12.1. The van der Waals surface area contributed by atoms with E-state index < -0.39 is 18.2 Å². The predicted octanol–water partition coefficient (Wildman–Crippen LogP) is 2.67. The minimum atomic E-state index is -2.13. The van der Waals surface area contributed by atoms with Crippen LogP contribution in [0.4, 0.5) is 0 Å². The average molecular weight is 259 g/mol. The molecule has 0 saturated carbocycles. The summed E-state index contributed by atoms with van der Waals surface area (Å²) in [4.78, 5) is 0. The molecule has 0 nitrogen and oxygen atoms in total. The van der Waals surface area contributed by atoms with Gasteiger partial charge in [0.25, 0.3) is 0 Å². The molecule has 0 aliphatic carbocycles. The zero-order valence-corrected chi connectivity index (χ0v) is 8.94. The van der Waals surface area contributed by atoms with Gasteiger partial charge in [-0.1, -0.05) is 0 Å². The zero-order chi connectivity index (χ0) is 7.11. The van der Waals surface area contributed by atoms with Gasteiger partial charge in [0, 0.05) is 0 Å². The van der Waals surface area contributed by atoms with Gasteiger partial charge in [-0.25, -0.2) is 0 Å². The monoisotopic (exact) mass is 256 g/mol. The molecule has 0 unspecified atom stereocenters. The smallest absolute Gasteiger partial charge is 0.800 e. The van der Waals surface area contributed by atoms with Gasteiger partial charge in [-0.3, -0.25) is 0 Å². The van der Waals surface area contributed by atoms with Crippen molar-refractivity contribution in [2.45, 2.75) is 0 Å². The molecule has 1 aromatic rings. The molecule has 0 amide bonds. The fourth-order valence-corrected chi connectivity index (χ4v) is 0.180. The van der Waals surface area contributed by atoms with Gasteiger partial charge in [-0.05, 0) is 0 Å². The molecule has 1 rings (SSSR count). The second-order valence-electron chi connectivity index (χ2n) is 0.897. The van der Waals surface area contributed by atoms with E-state index in [4.69, 9.17) is 25.5 Å². The Hall–Kier alpha value is 1.10. The topological polar surface area (TPSA) is 0 Å². The van der Waals surface area contributed by atoms with Crippen molar-refractivity contribution in [3.63, 3.8) is 0 Å². The summed E-state index contributed by atoms with van der Waals surface area (Å²) in [6, 6.07) is 12.0. The number of hydrogen-bond donors (Lipinski definition) is 0. The number of halogens is 3. The summed E-state index contributed by atoms with van der Waals surface area (Å²) in [7, 11) is 15.0. The molecule has 0 N–H and O–H groups in total. The van der Waals surface area contributed by atoms with E-state index in [9.17, 15) is 0 Å². The third-order valence-corrected chi connectivity index (χ3v) is 0.351. The van der Waals surface area contributed by atoms with E-state index in [0.717, 1.165) is 0 Å². The number of hydrogen-bond acceptors (Lipinski definition) is 0. The molecule has 0 heterocycles. The largest absolute Gasteiger partial charge is 0.999 e. The fourth-order valence-electron chi connectivity index (χ4n) is 0.180. The molecule has 51 valence electrons. The van der Waals surface area contributed by atoms with Crippen LogP contribution >= 0.6 is 25.5 Å². The number of rotatable bonds is 0. The molecule has 9 heavy (non-hydrogen) atoms. The maximum Gasteiger partial charge on any atom is -0.800 e. The molecule has 0 spiro atoms. The first-order chi connectivity index (χ1) is 4.23. The van der Waals surface area contributed by atoms with Gasteiger partial charge in [0.05, 0.1) is 0 Å². The van der Waals surface area contributed by atoms with Gasteiger partial charge in [-0.15, -0.1) is 0 Å². The average Bonchev–Trinajstić information content (AvgIpc) is 2.11. The maximum absolute atomic E-state index is 5.00. The Labute approximate surface area is 73.4 Å². The Kier molecular flexibility index (Phi) is 8.10. The molecular formula is C5HCl3Zr-5. The molecule has 1 aromatic carbocycles. The molecule has 0 radical (unpaired) electrons. The predicted molar refractivity (Wildman–Crippen MR) is 34.9 cm³/mol. The summed E-state index contributed by atoms with van der Waals surface area (Å²) in [5.41, 5.74) is 0. The third kappa shape index (κ3) is 12.3. The molecule has 0 fully saturated rings. The normalized spacial score (nSPS) is 7.44. The van der Waals surface area contributed by atoms with Gasteiger partial charge in [0.15, 0.2) is 0 Å². The summed E-state index contributed by atoms with van der Waals surface area (Å²) in [6.45, 7) is 0. The summed E-state index contributed by atoms with van der Waals surface area (Å²) >= 11 is -2.13. The van der Waals surface area contributed by atoms with Crippen molar-refractivity contribution in [1.82, 2.24) is 0 Å². The van der Waals surface area contributed by atoms with E-state index in [1.165, 1.54) is 0 Å². The van der Waals surface area contributed by atoms with Gasteiger partial charge < -0.3 is 30.3 Å². The van der Waals surface area contributed by atoms with Crippen LogP contribution in [0.3, 0.4) is 0 Å². The van der Waals surface area contributed by atoms with E-state index >= 15 is 0 Å². The van der Waals surface area contributed by atoms with Gasteiger partial charge in [0.2, 0.25) is 0 Å². The van der Waals surface area contributed by atoms with E-state index in [0.29, 0.717) is 0 Å². The van der Waals surface area contributed by atoms with Crippen molar-refractivity contribution in [2.24, 2.45) is 0 Å². The Morgan fingerprint density at radius 3 is 1.44 bits per heavy atom. The van der Waals surface area contributed by atoms with Crippen LogP contribution < -0.4 is 0 Å². The molecule has 0 saturated heterocycles. The van der Waals surface area contributed by atoms with Crippen LogP contribution in [-0.2, 0) is 18.2 Å². The van der Waals surface area contributed by atoms with E-state index in [-0.39, 0.29) is 0 Å². The second kappa shape index (κ2) is 7.21.